The molecule has 2 rings (SSSR count). The van der Waals surface area contributed by atoms with Gasteiger partial charge in [0.1, 0.15) is 5.38 Å². The molecule has 0 aromatic heterocycles. The lowest BCUT2D eigenvalue weighted by Crippen LogP contribution is -2.34. The maximum atomic E-state index is 11.2. The second kappa shape index (κ2) is 6.89. The zero-order valence-corrected chi connectivity index (χ0v) is 11.7. The number of hydrogen-bond acceptors (Lipinski definition) is 4. The highest BCUT2D eigenvalue weighted by molar-refractivity contribution is 6.30. The van der Waals surface area contributed by atoms with Gasteiger partial charge in [-0.05, 0) is 17.5 Å². The molecule has 4 nitrogen and oxygen atoms in total. The summed E-state index contributed by atoms with van der Waals surface area (Å²) in [5.41, 5.74) is 2.54. The van der Waals surface area contributed by atoms with Crippen LogP contribution in [-0.2, 0) is 20.7 Å². The highest BCUT2D eigenvalue weighted by Gasteiger charge is 2.21. The summed E-state index contributed by atoms with van der Waals surface area (Å²) in [6, 6.07) is 8.27. The van der Waals surface area contributed by atoms with Crippen LogP contribution in [0.4, 0.5) is 0 Å². The first kappa shape index (κ1) is 14.3. The summed E-state index contributed by atoms with van der Waals surface area (Å²) in [5, 5.41) is 2.49. The molecule has 0 aliphatic carbocycles. The van der Waals surface area contributed by atoms with E-state index in [-0.39, 0.29) is 6.10 Å². The monoisotopic (exact) mass is 283 g/mol. The fourth-order valence-electron chi connectivity index (χ4n) is 2.20. The van der Waals surface area contributed by atoms with Gasteiger partial charge in [-0.2, -0.15) is 0 Å². The highest BCUT2D eigenvalue weighted by Crippen LogP contribution is 2.26. The predicted molar refractivity (Wildman–Crippen MR) is 73.4 cm³/mol. The molecule has 0 bridgehead atoms. The Kier molecular flexibility index (Phi) is 5.19. The fraction of sp³-hybridized carbons (Fsp3) is 0.500. The van der Waals surface area contributed by atoms with E-state index < -0.39 is 11.3 Å². The van der Waals surface area contributed by atoms with E-state index in [4.69, 9.17) is 16.3 Å². The molecule has 0 amide bonds. The largest absolute Gasteiger partial charge is 0.468 e. The smallest absolute Gasteiger partial charge is 0.325 e. The highest BCUT2D eigenvalue weighted by atomic mass is 35.5. The molecule has 104 valence electrons. The van der Waals surface area contributed by atoms with Crippen LogP contribution >= 0.6 is 11.6 Å². The van der Waals surface area contributed by atoms with E-state index in [0.717, 1.165) is 13.0 Å². The summed E-state index contributed by atoms with van der Waals surface area (Å²) < 4.78 is 10.3. The van der Waals surface area contributed by atoms with Crippen molar-refractivity contribution in [3.8, 4) is 0 Å². The van der Waals surface area contributed by atoms with Crippen molar-refractivity contribution in [2.24, 2.45) is 0 Å². The SMILES string of the molecule is COC(=O)C(Cl)CNCC1OCCc2ccccc21. The molecule has 1 aromatic rings. The molecule has 2 unspecified atom stereocenters. The van der Waals surface area contributed by atoms with Crippen molar-refractivity contribution in [2.45, 2.75) is 17.9 Å². The summed E-state index contributed by atoms with van der Waals surface area (Å²) >= 11 is 5.87. The molecule has 0 spiro atoms. The van der Waals surface area contributed by atoms with Crippen molar-refractivity contribution < 1.29 is 14.3 Å². The molecule has 0 fully saturated rings. The third-order valence-corrected chi connectivity index (χ3v) is 3.54. The van der Waals surface area contributed by atoms with Crippen molar-refractivity contribution in [3.63, 3.8) is 0 Å². The van der Waals surface area contributed by atoms with Gasteiger partial charge in [-0.1, -0.05) is 24.3 Å². The van der Waals surface area contributed by atoms with Crippen LogP contribution < -0.4 is 5.32 Å². The number of esters is 1. The molecular formula is C14H18ClNO3. The lowest BCUT2D eigenvalue weighted by atomic mass is 9.97. The van der Waals surface area contributed by atoms with Crippen molar-refractivity contribution >= 4 is 17.6 Å². The molecule has 5 heteroatoms. The van der Waals surface area contributed by atoms with E-state index in [1.165, 1.54) is 18.2 Å². The molecule has 19 heavy (non-hydrogen) atoms. The topological polar surface area (TPSA) is 47.6 Å². The van der Waals surface area contributed by atoms with Gasteiger partial charge in [0.2, 0.25) is 0 Å². The lowest BCUT2D eigenvalue weighted by Gasteiger charge is -2.26. The molecule has 2 atom stereocenters. The predicted octanol–water partition coefficient (Wildman–Crippen LogP) is 1.67. The van der Waals surface area contributed by atoms with Gasteiger partial charge in [-0.15, -0.1) is 11.6 Å². The van der Waals surface area contributed by atoms with Crippen LogP contribution in [0.2, 0.25) is 0 Å². The second-order valence-electron chi connectivity index (χ2n) is 4.46. The Bertz CT molecular complexity index is 438. The van der Waals surface area contributed by atoms with Crippen LogP contribution in [0.5, 0.6) is 0 Å². The molecule has 1 aliphatic heterocycles. The van der Waals surface area contributed by atoms with Gasteiger partial charge in [-0.25, -0.2) is 0 Å². The van der Waals surface area contributed by atoms with Gasteiger partial charge < -0.3 is 14.8 Å². The van der Waals surface area contributed by atoms with Gasteiger partial charge in [0.05, 0.1) is 19.8 Å². The Balaban J connectivity index is 1.86. The molecule has 1 N–H and O–H groups in total. The van der Waals surface area contributed by atoms with E-state index in [9.17, 15) is 4.79 Å². The van der Waals surface area contributed by atoms with Crippen molar-refractivity contribution in [3.05, 3.63) is 35.4 Å². The van der Waals surface area contributed by atoms with Gasteiger partial charge in [0.15, 0.2) is 0 Å². The first-order chi connectivity index (χ1) is 9.22. The third-order valence-electron chi connectivity index (χ3n) is 3.20. The first-order valence-electron chi connectivity index (χ1n) is 6.34. The Morgan fingerprint density at radius 3 is 3.16 bits per heavy atom. The molecule has 0 saturated carbocycles. The Morgan fingerprint density at radius 2 is 2.37 bits per heavy atom. The van der Waals surface area contributed by atoms with Gasteiger partial charge in [0, 0.05) is 13.1 Å². The average Bonchev–Trinajstić information content (AvgIpc) is 2.46. The van der Waals surface area contributed by atoms with Crippen molar-refractivity contribution in [1.29, 1.82) is 0 Å². The molecule has 1 aromatic carbocycles. The zero-order chi connectivity index (χ0) is 13.7. The number of nitrogens with one attached hydrogen (secondary N) is 1. The van der Waals surface area contributed by atoms with Gasteiger partial charge in [0.25, 0.3) is 0 Å². The summed E-state index contributed by atoms with van der Waals surface area (Å²) in [6.45, 7) is 1.73. The van der Waals surface area contributed by atoms with Crippen LogP contribution in [-0.4, -0.2) is 38.2 Å². The van der Waals surface area contributed by atoms with E-state index in [2.05, 4.69) is 22.2 Å². The first-order valence-corrected chi connectivity index (χ1v) is 6.78. The standard InChI is InChI=1S/C14H18ClNO3/c1-18-14(17)12(15)8-16-9-13-11-5-3-2-4-10(11)6-7-19-13/h2-5,12-13,16H,6-9H2,1H3. The summed E-state index contributed by atoms with van der Waals surface area (Å²) in [7, 11) is 1.33. The normalized spacial score (nSPS) is 19.6. The van der Waals surface area contributed by atoms with Crippen LogP contribution in [0.1, 0.15) is 17.2 Å². The summed E-state index contributed by atoms with van der Waals surface area (Å²) in [4.78, 5) is 11.2. The van der Waals surface area contributed by atoms with E-state index in [1.807, 2.05) is 12.1 Å². The fourth-order valence-corrected chi connectivity index (χ4v) is 2.40. The van der Waals surface area contributed by atoms with Crippen molar-refractivity contribution in [2.75, 3.05) is 26.8 Å². The van der Waals surface area contributed by atoms with E-state index in [0.29, 0.717) is 13.1 Å². The number of ether oxygens (including phenoxy) is 2. The quantitative estimate of drug-likeness (QED) is 0.660. The third kappa shape index (κ3) is 3.69. The number of alkyl halides is 1. The molecule has 1 heterocycles. The number of carbonyl (C=O) groups excluding carboxylic acids is 1. The van der Waals surface area contributed by atoms with E-state index >= 15 is 0 Å². The van der Waals surface area contributed by atoms with Crippen LogP contribution in [0.3, 0.4) is 0 Å². The van der Waals surface area contributed by atoms with Gasteiger partial charge >= 0.3 is 5.97 Å². The molecule has 1 aliphatic rings. The zero-order valence-electron chi connectivity index (χ0n) is 10.9. The average molecular weight is 284 g/mol. The number of benzene rings is 1. The van der Waals surface area contributed by atoms with Crippen LogP contribution in [0.25, 0.3) is 0 Å². The number of carbonyl (C=O) groups is 1. The second-order valence-corrected chi connectivity index (χ2v) is 4.98. The van der Waals surface area contributed by atoms with Gasteiger partial charge in [-0.3, -0.25) is 4.79 Å². The number of halogens is 1. The Morgan fingerprint density at radius 1 is 1.58 bits per heavy atom. The molecular weight excluding hydrogens is 266 g/mol. The summed E-state index contributed by atoms with van der Waals surface area (Å²) in [5.74, 6) is -0.417. The number of methoxy groups -OCH3 is 1. The molecule has 0 saturated heterocycles. The number of fused-ring (bicyclic) bond motifs is 1. The number of hydrogen-bond donors (Lipinski definition) is 1. The molecule has 0 radical (unpaired) electrons. The number of rotatable bonds is 5. The lowest BCUT2D eigenvalue weighted by molar-refractivity contribution is -0.140. The Hall–Kier alpha value is -1.10. The minimum Gasteiger partial charge on any atom is -0.468 e. The maximum absolute atomic E-state index is 11.2. The maximum Gasteiger partial charge on any atom is 0.325 e. The van der Waals surface area contributed by atoms with E-state index in [1.54, 1.807) is 0 Å². The minimum atomic E-state index is -0.663. The summed E-state index contributed by atoms with van der Waals surface area (Å²) in [6.07, 6.45) is 0.971. The minimum absolute atomic E-state index is 0.0199. The van der Waals surface area contributed by atoms with Crippen LogP contribution in [0, 0.1) is 0 Å². The van der Waals surface area contributed by atoms with Crippen LogP contribution in [0.15, 0.2) is 24.3 Å². The Labute approximate surface area is 118 Å². The van der Waals surface area contributed by atoms with Crippen molar-refractivity contribution in [1.82, 2.24) is 5.32 Å².